The van der Waals surface area contributed by atoms with Crippen LogP contribution in [0.4, 0.5) is 8.78 Å². The molecule has 0 amide bonds. The minimum Gasteiger partial charge on any atom is -0.310 e. The normalized spacial score (nSPS) is 13.0. The first-order valence-electron chi connectivity index (χ1n) is 6.73. The Bertz CT molecular complexity index is 364. The molecule has 0 aromatic heterocycles. The van der Waals surface area contributed by atoms with E-state index in [1.165, 1.54) is 12.1 Å². The second-order valence-electron chi connectivity index (χ2n) is 5.14. The number of rotatable bonds is 7. The fourth-order valence-electron chi connectivity index (χ4n) is 1.97. The van der Waals surface area contributed by atoms with Gasteiger partial charge in [0.05, 0.1) is 0 Å². The molecular formula is C15H23F2N. The van der Waals surface area contributed by atoms with Gasteiger partial charge in [-0.05, 0) is 49.9 Å². The van der Waals surface area contributed by atoms with Crippen molar-refractivity contribution >= 4 is 0 Å². The molecule has 0 aliphatic heterocycles. The van der Waals surface area contributed by atoms with Gasteiger partial charge in [0, 0.05) is 11.6 Å². The second-order valence-corrected chi connectivity index (χ2v) is 5.14. The van der Waals surface area contributed by atoms with E-state index in [2.05, 4.69) is 26.1 Å². The molecule has 0 heterocycles. The Kier molecular flexibility index (Phi) is 6.27. The monoisotopic (exact) mass is 255 g/mol. The lowest BCUT2D eigenvalue weighted by atomic mass is 9.97. The van der Waals surface area contributed by atoms with E-state index in [1.807, 2.05) is 0 Å². The van der Waals surface area contributed by atoms with Crippen molar-refractivity contribution in [1.82, 2.24) is 5.32 Å². The molecule has 1 N–H and O–H groups in total. The van der Waals surface area contributed by atoms with Crippen LogP contribution in [0.15, 0.2) is 18.2 Å². The zero-order valence-electron chi connectivity index (χ0n) is 11.5. The summed E-state index contributed by atoms with van der Waals surface area (Å²) in [6, 6.07) is 3.59. The first-order valence-corrected chi connectivity index (χ1v) is 6.73. The number of halogens is 2. The summed E-state index contributed by atoms with van der Waals surface area (Å²) in [6.07, 6.45) is 2.81. The van der Waals surface area contributed by atoms with Crippen molar-refractivity contribution in [3.05, 3.63) is 35.4 Å². The molecule has 0 aliphatic rings. The highest BCUT2D eigenvalue weighted by molar-refractivity contribution is 5.22. The van der Waals surface area contributed by atoms with Crippen LogP contribution >= 0.6 is 0 Å². The van der Waals surface area contributed by atoms with Gasteiger partial charge in [-0.1, -0.05) is 20.8 Å². The van der Waals surface area contributed by atoms with Crippen LogP contribution < -0.4 is 5.32 Å². The van der Waals surface area contributed by atoms with Gasteiger partial charge in [0.15, 0.2) is 0 Å². The number of hydrogen-bond acceptors (Lipinski definition) is 1. The molecule has 0 saturated heterocycles. The van der Waals surface area contributed by atoms with E-state index >= 15 is 0 Å². The highest BCUT2D eigenvalue weighted by Gasteiger charge is 2.16. The Labute approximate surface area is 109 Å². The van der Waals surface area contributed by atoms with Crippen molar-refractivity contribution in [1.29, 1.82) is 0 Å². The molecular weight excluding hydrogens is 232 g/mol. The van der Waals surface area contributed by atoms with E-state index in [-0.39, 0.29) is 17.7 Å². The summed E-state index contributed by atoms with van der Waals surface area (Å²) in [5.74, 6) is -0.138. The summed E-state index contributed by atoms with van der Waals surface area (Å²) in [5, 5.41) is 3.30. The zero-order valence-corrected chi connectivity index (χ0v) is 11.5. The largest absolute Gasteiger partial charge is 0.310 e. The van der Waals surface area contributed by atoms with Gasteiger partial charge in [0.25, 0.3) is 0 Å². The summed E-state index contributed by atoms with van der Waals surface area (Å²) in [4.78, 5) is 0. The number of hydrogen-bond donors (Lipinski definition) is 1. The van der Waals surface area contributed by atoms with Crippen molar-refractivity contribution in [2.75, 3.05) is 6.54 Å². The van der Waals surface area contributed by atoms with Crippen molar-refractivity contribution in [2.45, 2.75) is 46.1 Å². The van der Waals surface area contributed by atoms with Crippen molar-refractivity contribution in [3.8, 4) is 0 Å². The van der Waals surface area contributed by atoms with Crippen molar-refractivity contribution < 1.29 is 8.78 Å². The van der Waals surface area contributed by atoms with Crippen LogP contribution in [0.1, 0.15) is 51.6 Å². The van der Waals surface area contributed by atoms with E-state index in [0.29, 0.717) is 11.5 Å². The lowest BCUT2D eigenvalue weighted by Gasteiger charge is -2.20. The van der Waals surface area contributed by atoms with E-state index in [1.54, 1.807) is 0 Å². The average Bonchev–Trinajstić information content (AvgIpc) is 2.32. The third-order valence-electron chi connectivity index (χ3n) is 3.01. The van der Waals surface area contributed by atoms with Crippen LogP contribution in [0.3, 0.4) is 0 Å². The molecule has 18 heavy (non-hydrogen) atoms. The molecule has 0 saturated carbocycles. The minimum absolute atomic E-state index is 0.0944. The fraction of sp³-hybridized carbons (Fsp3) is 0.600. The molecule has 0 spiro atoms. The molecule has 102 valence electrons. The Morgan fingerprint density at radius 3 is 2.50 bits per heavy atom. The van der Waals surface area contributed by atoms with Crippen LogP contribution in [0.5, 0.6) is 0 Å². The maximum absolute atomic E-state index is 13.8. The molecule has 0 radical (unpaired) electrons. The topological polar surface area (TPSA) is 12.0 Å². The molecule has 0 aliphatic carbocycles. The van der Waals surface area contributed by atoms with E-state index in [9.17, 15) is 8.78 Å². The Hall–Kier alpha value is -0.960. The first-order chi connectivity index (χ1) is 8.54. The standard InChI is InChI=1S/C15H23F2N/c1-4-9-18-15(8-5-11(2)3)13-10-12(16)6-7-14(13)17/h6-7,10-11,15,18H,4-5,8-9H2,1-3H3. The number of benzene rings is 1. The van der Waals surface area contributed by atoms with Gasteiger partial charge in [-0.2, -0.15) is 0 Å². The van der Waals surface area contributed by atoms with Gasteiger partial charge in [-0.3, -0.25) is 0 Å². The summed E-state index contributed by atoms with van der Waals surface area (Å²) >= 11 is 0. The molecule has 1 aromatic carbocycles. The van der Waals surface area contributed by atoms with Gasteiger partial charge >= 0.3 is 0 Å². The van der Waals surface area contributed by atoms with E-state index in [0.717, 1.165) is 31.9 Å². The molecule has 3 heteroatoms. The highest BCUT2D eigenvalue weighted by atomic mass is 19.1. The quantitative estimate of drug-likeness (QED) is 0.759. The fourth-order valence-corrected chi connectivity index (χ4v) is 1.97. The van der Waals surface area contributed by atoms with Gasteiger partial charge < -0.3 is 5.32 Å². The third-order valence-corrected chi connectivity index (χ3v) is 3.01. The lowest BCUT2D eigenvalue weighted by molar-refractivity contribution is 0.424. The molecule has 1 unspecified atom stereocenters. The zero-order chi connectivity index (χ0) is 13.5. The first kappa shape index (κ1) is 15.1. The third kappa shape index (κ3) is 4.73. The van der Waals surface area contributed by atoms with Gasteiger partial charge in [0.1, 0.15) is 11.6 Å². The average molecular weight is 255 g/mol. The van der Waals surface area contributed by atoms with Crippen LogP contribution in [0, 0.1) is 17.6 Å². The van der Waals surface area contributed by atoms with Gasteiger partial charge in [-0.25, -0.2) is 8.78 Å². The maximum atomic E-state index is 13.8. The molecule has 1 atom stereocenters. The Balaban J connectivity index is 2.82. The smallest absolute Gasteiger partial charge is 0.128 e. The molecule has 0 fully saturated rings. The predicted octanol–water partition coefficient (Wildman–Crippen LogP) is 4.44. The maximum Gasteiger partial charge on any atom is 0.128 e. The van der Waals surface area contributed by atoms with Crippen LogP contribution in [0.25, 0.3) is 0 Å². The van der Waals surface area contributed by atoms with Gasteiger partial charge in [0.2, 0.25) is 0 Å². The van der Waals surface area contributed by atoms with Crippen molar-refractivity contribution in [2.24, 2.45) is 5.92 Å². The highest BCUT2D eigenvalue weighted by Crippen LogP contribution is 2.24. The molecule has 1 nitrogen and oxygen atoms in total. The summed E-state index contributed by atoms with van der Waals surface area (Å²) in [6.45, 7) is 7.16. The minimum atomic E-state index is -0.376. The lowest BCUT2D eigenvalue weighted by Crippen LogP contribution is -2.23. The van der Waals surface area contributed by atoms with Crippen molar-refractivity contribution in [3.63, 3.8) is 0 Å². The van der Waals surface area contributed by atoms with E-state index in [4.69, 9.17) is 0 Å². The van der Waals surface area contributed by atoms with Crippen LogP contribution in [-0.4, -0.2) is 6.54 Å². The van der Waals surface area contributed by atoms with Crippen LogP contribution in [0.2, 0.25) is 0 Å². The second kappa shape index (κ2) is 7.47. The number of nitrogens with one attached hydrogen (secondary N) is 1. The van der Waals surface area contributed by atoms with Crippen LogP contribution in [-0.2, 0) is 0 Å². The van der Waals surface area contributed by atoms with E-state index < -0.39 is 0 Å². The molecule has 1 aromatic rings. The summed E-state index contributed by atoms with van der Waals surface area (Å²) in [5.41, 5.74) is 0.448. The van der Waals surface area contributed by atoms with Gasteiger partial charge in [-0.15, -0.1) is 0 Å². The Morgan fingerprint density at radius 2 is 1.89 bits per heavy atom. The molecule has 0 bridgehead atoms. The predicted molar refractivity (Wildman–Crippen MR) is 71.5 cm³/mol. The SMILES string of the molecule is CCCNC(CCC(C)C)c1cc(F)ccc1F. The Morgan fingerprint density at radius 1 is 1.17 bits per heavy atom. The summed E-state index contributed by atoms with van der Waals surface area (Å²) < 4.78 is 27.0. The molecule has 1 rings (SSSR count). The summed E-state index contributed by atoms with van der Waals surface area (Å²) in [7, 11) is 0.